The molecule has 1 atom stereocenters. The van der Waals surface area contributed by atoms with Crippen LogP contribution >= 0.6 is 11.3 Å². The number of ether oxygens (including phenoxy) is 1. The molecule has 0 N–H and O–H groups in total. The topological polar surface area (TPSA) is 65.5 Å². The minimum absolute atomic E-state index is 0.273. The van der Waals surface area contributed by atoms with Gasteiger partial charge < -0.3 is 9.26 Å². The maximum absolute atomic E-state index is 13.3. The molecular formula is C17H13FN4O2S. The van der Waals surface area contributed by atoms with Gasteiger partial charge in [-0.2, -0.15) is 4.98 Å². The fourth-order valence-corrected chi connectivity index (χ4v) is 3.92. The summed E-state index contributed by atoms with van der Waals surface area (Å²) in [6.07, 6.45) is 4.51. The molecule has 0 spiro atoms. The molecule has 0 amide bonds. The second-order valence-corrected chi connectivity index (χ2v) is 6.91. The molecule has 1 fully saturated rings. The Kier molecular flexibility index (Phi) is 3.22. The fraction of sp³-hybridized carbons (Fsp3) is 0.235. The van der Waals surface area contributed by atoms with E-state index in [1.165, 1.54) is 23.5 Å². The second kappa shape index (κ2) is 5.47. The first-order valence-electron chi connectivity index (χ1n) is 7.85. The summed E-state index contributed by atoms with van der Waals surface area (Å²) in [4.78, 5) is 9.95. The highest BCUT2D eigenvalue weighted by atomic mass is 32.1. The predicted octanol–water partition coefficient (Wildman–Crippen LogP) is 3.29. The standard InChI is InChI=1S/C17H13FN4O2S/c18-12-3-1-11(2-4-12)17(5-7-23-10-17)15-20-14(24-21-15)13-9-22-6-8-25-16(22)19-13/h1-4,6,8-9H,5,7,10H2/t17-/m0/s1. The number of nitrogens with zero attached hydrogens (tertiary/aromatic N) is 4. The molecule has 8 heteroatoms. The van der Waals surface area contributed by atoms with E-state index in [1.807, 2.05) is 22.2 Å². The normalized spacial score (nSPS) is 20.5. The Morgan fingerprint density at radius 2 is 2.08 bits per heavy atom. The van der Waals surface area contributed by atoms with Crippen LogP contribution < -0.4 is 0 Å². The molecule has 1 aromatic carbocycles. The highest BCUT2D eigenvalue weighted by Gasteiger charge is 2.43. The lowest BCUT2D eigenvalue weighted by Crippen LogP contribution is -2.29. The third-order valence-corrected chi connectivity index (χ3v) is 5.36. The molecule has 4 heterocycles. The van der Waals surface area contributed by atoms with E-state index in [9.17, 15) is 4.39 Å². The van der Waals surface area contributed by atoms with Crippen molar-refractivity contribution in [3.05, 3.63) is 59.2 Å². The van der Waals surface area contributed by atoms with Gasteiger partial charge in [0.25, 0.3) is 5.89 Å². The minimum atomic E-state index is -0.521. The molecule has 3 aromatic heterocycles. The Labute approximate surface area is 145 Å². The summed E-state index contributed by atoms with van der Waals surface area (Å²) in [7, 11) is 0. The van der Waals surface area contributed by atoms with Gasteiger partial charge in [0.05, 0.1) is 12.0 Å². The average molecular weight is 356 g/mol. The van der Waals surface area contributed by atoms with E-state index in [0.29, 0.717) is 30.6 Å². The van der Waals surface area contributed by atoms with E-state index in [0.717, 1.165) is 16.9 Å². The van der Waals surface area contributed by atoms with Gasteiger partial charge in [0.15, 0.2) is 10.8 Å². The molecule has 0 unspecified atom stereocenters. The van der Waals surface area contributed by atoms with E-state index >= 15 is 0 Å². The molecule has 4 aromatic rings. The fourth-order valence-electron chi connectivity index (χ4n) is 3.22. The molecule has 0 bridgehead atoms. The Morgan fingerprint density at radius 1 is 1.20 bits per heavy atom. The highest BCUT2D eigenvalue weighted by molar-refractivity contribution is 7.15. The van der Waals surface area contributed by atoms with E-state index < -0.39 is 5.41 Å². The van der Waals surface area contributed by atoms with E-state index in [1.54, 1.807) is 12.1 Å². The molecule has 5 rings (SSSR count). The van der Waals surface area contributed by atoms with Crippen LogP contribution in [-0.4, -0.2) is 32.7 Å². The van der Waals surface area contributed by atoms with Crippen LogP contribution in [0.2, 0.25) is 0 Å². The van der Waals surface area contributed by atoms with Crippen molar-refractivity contribution in [2.45, 2.75) is 11.8 Å². The van der Waals surface area contributed by atoms with Crippen LogP contribution in [0.4, 0.5) is 4.39 Å². The monoisotopic (exact) mass is 356 g/mol. The zero-order chi connectivity index (χ0) is 16.9. The van der Waals surface area contributed by atoms with Crippen molar-refractivity contribution < 1.29 is 13.7 Å². The van der Waals surface area contributed by atoms with Crippen LogP contribution in [0, 0.1) is 5.82 Å². The minimum Gasteiger partial charge on any atom is -0.380 e. The first-order chi connectivity index (χ1) is 12.2. The number of aromatic nitrogens is 4. The third kappa shape index (κ3) is 2.29. The summed E-state index contributed by atoms with van der Waals surface area (Å²) in [6.45, 7) is 1.04. The van der Waals surface area contributed by atoms with E-state index in [2.05, 4.69) is 15.1 Å². The highest BCUT2D eigenvalue weighted by Crippen LogP contribution is 2.39. The number of imidazole rings is 1. The summed E-state index contributed by atoms with van der Waals surface area (Å²) in [6, 6.07) is 6.40. The molecule has 25 heavy (non-hydrogen) atoms. The summed E-state index contributed by atoms with van der Waals surface area (Å²) in [5, 5.41) is 6.16. The summed E-state index contributed by atoms with van der Waals surface area (Å²) in [5.41, 5.74) is 1.04. The van der Waals surface area contributed by atoms with Crippen molar-refractivity contribution in [3.63, 3.8) is 0 Å². The molecule has 1 aliphatic rings. The van der Waals surface area contributed by atoms with Gasteiger partial charge in [0.1, 0.15) is 11.5 Å². The smallest absolute Gasteiger partial charge is 0.278 e. The quantitative estimate of drug-likeness (QED) is 0.564. The lowest BCUT2D eigenvalue weighted by molar-refractivity contribution is 0.182. The summed E-state index contributed by atoms with van der Waals surface area (Å²) in [5.74, 6) is 0.645. The molecule has 6 nitrogen and oxygen atoms in total. The molecule has 0 saturated carbocycles. The zero-order valence-corrected chi connectivity index (χ0v) is 13.9. The number of hydrogen-bond acceptors (Lipinski definition) is 6. The molecule has 0 radical (unpaired) electrons. The van der Waals surface area contributed by atoms with Crippen molar-refractivity contribution in [1.29, 1.82) is 0 Å². The van der Waals surface area contributed by atoms with Crippen LogP contribution in [0.15, 0.2) is 46.6 Å². The van der Waals surface area contributed by atoms with Gasteiger partial charge in [-0.15, -0.1) is 11.3 Å². The summed E-state index contributed by atoms with van der Waals surface area (Å²) >= 11 is 1.54. The van der Waals surface area contributed by atoms with Crippen molar-refractivity contribution in [2.75, 3.05) is 13.2 Å². The van der Waals surface area contributed by atoms with Crippen molar-refractivity contribution in [3.8, 4) is 11.6 Å². The van der Waals surface area contributed by atoms with Gasteiger partial charge in [-0.25, -0.2) is 9.37 Å². The van der Waals surface area contributed by atoms with Crippen molar-refractivity contribution >= 4 is 16.3 Å². The molecule has 0 aliphatic carbocycles. The number of hydrogen-bond donors (Lipinski definition) is 0. The van der Waals surface area contributed by atoms with Gasteiger partial charge >= 0.3 is 0 Å². The molecule has 1 saturated heterocycles. The van der Waals surface area contributed by atoms with Gasteiger partial charge in [-0.05, 0) is 24.1 Å². The SMILES string of the molecule is Fc1ccc([C@]2(c3noc(-c4cn5ccsc5n4)n3)CCOC2)cc1. The summed E-state index contributed by atoms with van der Waals surface area (Å²) < 4.78 is 26.3. The number of halogens is 1. The van der Waals surface area contributed by atoms with Crippen molar-refractivity contribution in [2.24, 2.45) is 0 Å². The van der Waals surface area contributed by atoms with Gasteiger partial charge in [-0.3, -0.25) is 4.40 Å². The van der Waals surface area contributed by atoms with Gasteiger partial charge in [-0.1, -0.05) is 17.3 Å². The van der Waals surface area contributed by atoms with Gasteiger partial charge in [0, 0.05) is 24.4 Å². The van der Waals surface area contributed by atoms with Crippen LogP contribution in [0.3, 0.4) is 0 Å². The third-order valence-electron chi connectivity index (χ3n) is 4.58. The van der Waals surface area contributed by atoms with Crippen LogP contribution in [-0.2, 0) is 10.2 Å². The largest absolute Gasteiger partial charge is 0.380 e. The Morgan fingerprint density at radius 3 is 2.84 bits per heavy atom. The molecule has 1 aliphatic heterocycles. The lowest BCUT2D eigenvalue weighted by Gasteiger charge is -2.23. The van der Waals surface area contributed by atoms with E-state index in [4.69, 9.17) is 9.26 Å². The zero-order valence-electron chi connectivity index (χ0n) is 13.1. The Balaban J connectivity index is 1.57. The first kappa shape index (κ1) is 14.7. The number of thiazole rings is 1. The Hall–Kier alpha value is -2.58. The van der Waals surface area contributed by atoms with Crippen LogP contribution in [0.5, 0.6) is 0 Å². The van der Waals surface area contributed by atoms with Crippen LogP contribution in [0.25, 0.3) is 16.5 Å². The van der Waals surface area contributed by atoms with Gasteiger partial charge in [0.2, 0.25) is 0 Å². The Bertz CT molecular complexity index is 1000. The van der Waals surface area contributed by atoms with E-state index in [-0.39, 0.29) is 5.82 Å². The second-order valence-electron chi connectivity index (χ2n) is 6.03. The van der Waals surface area contributed by atoms with Crippen molar-refractivity contribution in [1.82, 2.24) is 19.5 Å². The lowest BCUT2D eigenvalue weighted by atomic mass is 9.79. The predicted molar refractivity (Wildman–Crippen MR) is 89.0 cm³/mol. The molecular weight excluding hydrogens is 343 g/mol. The maximum atomic E-state index is 13.3. The number of rotatable bonds is 3. The maximum Gasteiger partial charge on any atom is 0.278 e. The number of fused-ring (bicyclic) bond motifs is 1. The first-order valence-corrected chi connectivity index (χ1v) is 8.73. The molecule has 126 valence electrons. The van der Waals surface area contributed by atoms with Crippen LogP contribution in [0.1, 0.15) is 17.8 Å². The number of benzene rings is 1. The average Bonchev–Trinajstić information content (AvgIpc) is 3.37.